The van der Waals surface area contributed by atoms with E-state index in [4.69, 9.17) is 9.47 Å². The Bertz CT molecular complexity index is 752. The average Bonchev–Trinajstić information content (AvgIpc) is 3.18. The lowest BCUT2D eigenvalue weighted by atomic mass is 10.1. The highest BCUT2D eigenvalue weighted by Crippen LogP contribution is 2.35. The first-order valence-electron chi connectivity index (χ1n) is 6.81. The Balaban J connectivity index is 1.49. The van der Waals surface area contributed by atoms with E-state index in [0.717, 1.165) is 22.2 Å². The number of fused-ring (bicyclic) bond motifs is 2. The highest BCUT2D eigenvalue weighted by Gasteiger charge is 2.22. The molecule has 0 spiro atoms. The molecule has 0 saturated heterocycles. The molecule has 5 nitrogen and oxygen atoms in total. The normalized spacial score (nSPS) is 16.9. The standard InChI is InChI=1S/C15H15N3O2S/c1-16-13-9-20-14-6-11(2-3-12(13)14)19-8-10-7-18-4-5-21-15(18)17-10/h2-7,13,16H,8-9H2,1H3. The lowest BCUT2D eigenvalue weighted by molar-refractivity contribution is 0.295. The molecule has 3 heterocycles. The number of aromatic nitrogens is 2. The van der Waals surface area contributed by atoms with Gasteiger partial charge in [0.2, 0.25) is 0 Å². The van der Waals surface area contributed by atoms with Crippen LogP contribution in [0.1, 0.15) is 17.3 Å². The molecule has 108 valence electrons. The van der Waals surface area contributed by atoms with Crippen LogP contribution in [0, 0.1) is 0 Å². The van der Waals surface area contributed by atoms with Gasteiger partial charge in [0, 0.05) is 29.4 Å². The number of benzene rings is 1. The van der Waals surface area contributed by atoms with E-state index < -0.39 is 0 Å². The summed E-state index contributed by atoms with van der Waals surface area (Å²) in [6, 6.07) is 6.26. The van der Waals surface area contributed by atoms with E-state index in [-0.39, 0.29) is 6.04 Å². The molecule has 0 amide bonds. The molecule has 4 rings (SSSR count). The highest BCUT2D eigenvalue weighted by molar-refractivity contribution is 7.15. The first-order valence-corrected chi connectivity index (χ1v) is 7.69. The van der Waals surface area contributed by atoms with Crippen LogP contribution >= 0.6 is 11.3 Å². The summed E-state index contributed by atoms with van der Waals surface area (Å²) in [6.07, 6.45) is 3.99. The molecule has 1 atom stereocenters. The molecule has 0 fully saturated rings. The second-order valence-corrected chi connectivity index (χ2v) is 5.84. The molecule has 1 aliphatic rings. The van der Waals surface area contributed by atoms with Crippen LogP contribution < -0.4 is 14.8 Å². The lowest BCUT2D eigenvalue weighted by Gasteiger charge is -2.08. The largest absolute Gasteiger partial charge is 0.491 e. The Labute approximate surface area is 126 Å². The van der Waals surface area contributed by atoms with Crippen molar-refractivity contribution in [3.8, 4) is 11.5 Å². The van der Waals surface area contributed by atoms with E-state index in [2.05, 4.69) is 16.4 Å². The predicted octanol–water partition coefficient (Wildman–Crippen LogP) is 2.63. The minimum Gasteiger partial charge on any atom is -0.491 e. The van der Waals surface area contributed by atoms with Crippen molar-refractivity contribution in [2.24, 2.45) is 0 Å². The fourth-order valence-electron chi connectivity index (χ4n) is 2.52. The topological polar surface area (TPSA) is 47.8 Å². The third-order valence-corrected chi connectivity index (χ3v) is 4.41. The Kier molecular flexibility index (Phi) is 3.05. The van der Waals surface area contributed by atoms with Crippen molar-refractivity contribution < 1.29 is 9.47 Å². The van der Waals surface area contributed by atoms with Crippen LogP contribution in [0.2, 0.25) is 0 Å². The van der Waals surface area contributed by atoms with Gasteiger partial charge in [0.25, 0.3) is 0 Å². The Morgan fingerprint density at radius 3 is 3.33 bits per heavy atom. The molecule has 1 unspecified atom stereocenters. The van der Waals surface area contributed by atoms with Crippen LogP contribution in [0.25, 0.3) is 4.96 Å². The quantitative estimate of drug-likeness (QED) is 0.805. The number of nitrogens with zero attached hydrogens (tertiary/aromatic N) is 2. The van der Waals surface area contributed by atoms with Gasteiger partial charge >= 0.3 is 0 Å². The summed E-state index contributed by atoms with van der Waals surface area (Å²) in [5.74, 6) is 1.71. The summed E-state index contributed by atoms with van der Waals surface area (Å²) in [7, 11) is 1.94. The van der Waals surface area contributed by atoms with Gasteiger partial charge in [-0.2, -0.15) is 0 Å². The summed E-state index contributed by atoms with van der Waals surface area (Å²) in [6.45, 7) is 1.13. The molecule has 1 aromatic carbocycles. The number of hydrogen-bond donors (Lipinski definition) is 1. The third kappa shape index (κ3) is 2.26. The molecule has 0 bridgehead atoms. The summed E-state index contributed by atoms with van der Waals surface area (Å²) in [4.78, 5) is 5.49. The van der Waals surface area contributed by atoms with Crippen LogP contribution in [-0.4, -0.2) is 23.0 Å². The molecule has 0 saturated carbocycles. The van der Waals surface area contributed by atoms with Crippen molar-refractivity contribution >= 4 is 16.3 Å². The molecule has 2 aromatic heterocycles. The fourth-order valence-corrected chi connectivity index (χ4v) is 3.24. The smallest absolute Gasteiger partial charge is 0.193 e. The maximum absolute atomic E-state index is 5.81. The lowest BCUT2D eigenvalue weighted by Crippen LogP contribution is -2.17. The van der Waals surface area contributed by atoms with Crippen molar-refractivity contribution in [3.63, 3.8) is 0 Å². The number of ether oxygens (including phenoxy) is 2. The highest BCUT2D eigenvalue weighted by atomic mass is 32.1. The number of hydrogen-bond acceptors (Lipinski definition) is 5. The van der Waals surface area contributed by atoms with E-state index in [1.807, 2.05) is 41.4 Å². The van der Waals surface area contributed by atoms with Gasteiger partial charge < -0.3 is 14.8 Å². The maximum atomic E-state index is 5.81. The molecule has 0 radical (unpaired) electrons. The Hall–Kier alpha value is -2.05. The van der Waals surface area contributed by atoms with Crippen LogP contribution in [0.5, 0.6) is 11.5 Å². The van der Waals surface area contributed by atoms with E-state index >= 15 is 0 Å². The minimum atomic E-state index is 0.272. The molecule has 0 aliphatic carbocycles. The van der Waals surface area contributed by atoms with Gasteiger partial charge in [0.1, 0.15) is 24.7 Å². The van der Waals surface area contributed by atoms with E-state index in [1.165, 1.54) is 5.56 Å². The van der Waals surface area contributed by atoms with Crippen LogP contribution in [-0.2, 0) is 6.61 Å². The van der Waals surface area contributed by atoms with Gasteiger partial charge in [-0.1, -0.05) is 0 Å². The number of likely N-dealkylation sites (N-methyl/N-ethyl adjacent to an activating group) is 1. The van der Waals surface area contributed by atoms with Crippen molar-refractivity contribution in [3.05, 3.63) is 47.2 Å². The number of imidazole rings is 1. The van der Waals surface area contributed by atoms with Gasteiger partial charge in [0.05, 0.1) is 11.7 Å². The number of rotatable bonds is 4. The molecule has 3 aromatic rings. The van der Waals surface area contributed by atoms with Gasteiger partial charge in [-0.25, -0.2) is 4.98 Å². The van der Waals surface area contributed by atoms with Gasteiger partial charge in [-0.3, -0.25) is 4.40 Å². The maximum Gasteiger partial charge on any atom is 0.193 e. The van der Waals surface area contributed by atoms with Crippen molar-refractivity contribution in [1.82, 2.24) is 14.7 Å². The van der Waals surface area contributed by atoms with Crippen LogP contribution in [0.3, 0.4) is 0 Å². The second kappa shape index (κ2) is 5.05. The molecule has 21 heavy (non-hydrogen) atoms. The Morgan fingerprint density at radius 1 is 1.52 bits per heavy atom. The van der Waals surface area contributed by atoms with Gasteiger partial charge in [0.15, 0.2) is 4.96 Å². The second-order valence-electron chi connectivity index (χ2n) is 4.97. The zero-order valence-electron chi connectivity index (χ0n) is 11.6. The first-order chi connectivity index (χ1) is 10.3. The van der Waals surface area contributed by atoms with Crippen molar-refractivity contribution in [2.75, 3.05) is 13.7 Å². The van der Waals surface area contributed by atoms with Crippen molar-refractivity contribution in [2.45, 2.75) is 12.6 Å². The summed E-state index contributed by atoms with van der Waals surface area (Å²) in [5.41, 5.74) is 2.11. The monoisotopic (exact) mass is 301 g/mol. The zero-order chi connectivity index (χ0) is 14.2. The Morgan fingerprint density at radius 2 is 2.48 bits per heavy atom. The zero-order valence-corrected chi connectivity index (χ0v) is 12.4. The number of nitrogens with one attached hydrogen (secondary N) is 1. The summed E-state index contributed by atoms with van der Waals surface area (Å²) in [5, 5.41) is 5.25. The summed E-state index contributed by atoms with van der Waals surface area (Å²) < 4.78 is 13.5. The minimum absolute atomic E-state index is 0.272. The first kappa shape index (κ1) is 12.7. The molecule has 1 N–H and O–H groups in total. The van der Waals surface area contributed by atoms with Gasteiger partial charge in [-0.15, -0.1) is 11.3 Å². The predicted molar refractivity (Wildman–Crippen MR) is 81.1 cm³/mol. The van der Waals surface area contributed by atoms with Gasteiger partial charge in [-0.05, 0) is 19.2 Å². The van der Waals surface area contributed by atoms with E-state index in [0.29, 0.717) is 13.2 Å². The molecular weight excluding hydrogens is 286 g/mol. The van der Waals surface area contributed by atoms with Crippen molar-refractivity contribution in [1.29, 1.82) is 0 Å². The van der Waals surface area contributed by atoms with Crippen LogP contribution in [0.15, 0.2) is 36.0 Å². The average molecular weight is 301 g/mol. The summed E-state index contributed by atoms with van der Waals surface area (Å²) >= 11 is 1.62. The third-order valence-electron chi connectivity index (χ3n) is 3.64. The molecule has 1 aliphatic heterocycles. The molecule has 6 heteroatoms. The molecular formula is C15H15N3O2S. The van der Waals surface area contributed by atoms with Crippen LogP contribution in [0.4, 0.5) is 0 Å². The number of thiazole rings is 1. The van der Waals surface area contributed by atoms with E-state index in [1.54, 1.807) is 11.3 Å². The fraction of sp³-hybridized carbons (Fsp3) is 0.267. The van der Waals surface area contributed by atoms with E-state index in [9.17, 15) is 0 Å². The SMILES string of the molecule is CNC1COc2cc(OCc3cn4ccsc4n3)ccc21.